The molecule has 0 aromatic heterocycles. The van der Waals surface area contributed by atoms with Crippen molar-refractivity contribution in [2.24, 2.45) is 0 Å². The monoisotopic (exact) mass is 321 g/mol. The summed E-state index contributed by atoms with van der Waals surface area (Å²) in [5.74, 6) is 1.37. The lowest BCUT2D eigenvalue weighted by molar-refractivity contribution is -0.0186. The topological polar surface area (TPSA) is 63.3 Å². The van der Waals surface area contributed by atoms with Crippen molar-refractivity contribution in [3.63, 3.8) is 0 Å². The molecule has 0 radical (unpaired) electrons. The number of morpholine rings is 1. The van der Waals surface area contributed by atoms with E-state index in [4.69, 9.17) is 14.2 Å². The summed E-state index contributed by atoms with van der Waals surface area (Å²) in [6.07, 6.45) is 1.01. The van der Waals surface area contributed by atoms with Crippen LogP contribution in [0.4, 0.5) is 10.5 Å². The molecule has 2 amide bonds. The van der Waals surface area contributed by atoms with E-state index in [1.807, 2.05) is 20.2 Å². The fourth-order valence-electron chi connectivity index (χ4n) is 2.66. The molecule has 7 nitrogen and oxygen atoms in total. The number of carbonyl (C=O) groups is 1. The van der Waals surface area contributed by atoms with Crippen molar-refractivity contribution in [2.75, 3.05) is 52.4 Å². The molecule has 2 aliphatic heterocycles. The normalized spacial score (nSPS) is 20.0. The minimum atomic E-state index is -0.109. The molecular formula is C16H23N3O4. The van der Waals surface area contributed by atoms with Crippen LogP contribution >= 0.6 is 0 Å². The Morgan fingerprint density at radius 3 is 3.00 bits per heavy atom. The Morgan fingerprint density at radius 1 is 1.35 bits per heavy atom. The second-order valence-electron chi connectivity index (χ2n) is 6.03. The van der Waals surface area contributed by atoms with E-state index in [2.05, 4.69) is 10.2 Å². The van der Waals surface area contributed by atoms with Crippen molar-refractivity contribution in [3.8, 4) is 11.5 Å². The molecule has 0 spiro atoms. The summed E-state index contributed by atoms with van der Waals surface area (Å²) in [6, 6.07) is 5.29. The molecule has 1 aromatic carbocycles. The van der Waals surface area contributed by atoms with Gasteiger partial charge in [-0.3, -0.25) is 0 Å². The summed E-state index contributed by atoms with van der Waals surface area (Å²) in [5, 5.41) is 2.91. The molecule has 1 fully saturated rings. The van der Waals surface area contributed by atoms with Gasteiger partial charge in [0.2, 0.25) is 6.79 Å². The average molecular weight is 321 g/mol. The van der Waals surface area contributed by atoms with Crippen molar-refractivity contribution in [3.05, 3.63) is 18.2 Å². The van der Waals surface area contributed by atoms with Crippen LogP contribution in [0, 0.1) is 0 Å². The first-order valence-electron chi connectivity index (χ1n) is 7.84. The first-order valence-corrected chi connectivity index (χ1v) is 7.84. The Kier molecular flexibility index (Phi) is 4.88. The quantitative estimate of drug-likeness (QED) is 0.912. The van der Waals surface area contributed by atoms with Gasteiger partial charge in [-0.15, -0.1) is 0 Å². The van der Waals surface area contributed by atoms with E-state index >= 15 is 0 Å². The number of urea groups is 1. The first kappa shape index (κ1) is 15.9. The van der Waals surface area contributed by atoms with Gasteiger partial charge in [-0.05, 0) is 32.6 Å². The largest absolute Gasteiger partial charge is 0.454 e. The van der Waals surface area contributed by atoms with E-state index in [0.29, 0.717) is 36.9 Å². The summed E-state index contributed by atoms with van der Waals surface area (Å²) < 4.78 is 16.3. The number of fused-ring (bicyclic) bond motifs is 1. The third-order valence-electron chi connectivity index (χ3n) is 3.95. The smallest absolute Gasteiger partial charge is 0.322 e. The van der Waals surface area contributed by atoms with E-state index in [9.17, 15) is 4.79 Å². The highest BCUT2D eigenvalue weighted by Gasteiger charge is 2.24. The lowest BCUT2D eigenvalue weighted by atomic mass is 10.2. The van der Waals surface area contributed by atoms with Gasteiger partial charge in [-0.25, -0.2) is 4.79 Å². The van der Waals surface area contributed by atoms with E-state index in [1.165, 1.54) is 0 Å². The number of nitrogens with zero attached hydrogens (tertiary/aromatic N) is 2. The molecule has 126 valence electrons. The second kappa shape index (κ2) is 7.06. The summed E-state index contributed by atoms with van der Waals surface area (Å²) >= 11 is 0. The summed E-state index contributed by atoms with van der Waals surface area (Å²) in [5.41, 5.74) is 0.704. The number of anilines is 1. The van der Waals surface area contributed by atoms with Crippen LogP contribution in [0.3, 0.4) is 0 Å². The van der Waals surface area contributed by atoms with Crippen molar-refractivity contribution in [1.82, 2.24) is 9.80 Å². The van der Waals surface area contributed by atoms with Crippen LogP contribution < -0.4 is 14.8 Å². The molecule has 0 aliphatic carbocycles. The van der Waals surface area contributed by atoms with Crippen LogP contribution in [0.1, 0.15) is 6.42 Å². The SMILES string of the molecule is CN(C)CCC1CN(C(=O)Nc2ccc3c(c2)OCO3)CCO1. The van der Waals surface area contributed by atoms with E-state index in [0.717, 1.165) is 13.0 Å². The molecule has 1 N–H and O–H groups in total. The zero-order valence-corrected chi connectivity index (χ0v) is 13.6. The lowest BCUT2D eigenvalue weighted by Crippen LogP contribution is -2.47. The van der Waals surface area contributed by atoms with Gasteiger partial charge in [0.1, 0.15) is 0 Å². The highest BCUT2D eigenvalue weighted by atomic mass is 16.7. The minimum Gasteiger partial charge on any atom is -0.454 e. The number of ether oxygens (including phenoxy) is 3. The fourth-order valence-corrected chi connectivity index (χ4v) is 2.66. The zero-order valence-electron chi connectivity index (χ0n) is 13.6. The van der Waals surface area contributed by atoms with Crippen molar-refractivity contribution < 1.29 is 19.0 Å². The molecule has 7 heteroatoms. The highest BCUT2D eigenvalue weighted by molar-refractivity contribution is 5.89. The zero-order chi connectivity index (χ0) is 16.2. The Labute approximate surface area is 136 Å². The lowest BCUT2D eigenvalue weighted by Gasteiger charge is -2.33. The number of carbonyl (C=O) groups excluding carboxylic acids is 1. The number of hydrogen-bond donors (Lipinski definition) is 1. The third kappa shape index (κ3) is 4.05. The molecule has 0 bridgehead atoms. The number of nitrogens with one attached hydrogen (secondary N) is 1. The van der Waals surface area contributed by atoms with Gasteiger partial charge in [0.25, 0.3) is 0 Å². The highest BCUT2D eigenvalue weighted by Crippen LogP contribution is 2.34. The number of benzene rings is 1. The Hall–Kier alpha value is -1.99. The van der Waals surface area contributed by atoms with Gasteiger partial charge in [0.05, 0.1) is 12.7 Å². The van der Waals surface area contributed by atoms with Crippen LogP contribution in [0.15, 0.2) is 18.2 Å². The van der Waals surface area contributed by atoms with Gasteiger partial charge in [0, 0.05) is 31.4 Å². The van der Waals surface area contributed by atoms with Gasteiger partial charge < -0.3 is 29.3 Å². The molecule has 1 unspecified atom stereocenters. The van der Waals surface area contributed by atoms with Crippen LogP contribution in [0.25, 0.3) is 0 Å². The third-order valence-corrected chi connectivity index (χ3v) is 3.95. The van der Waals surface area contributed by atoms with Gasteiger partial charge in [-0.1, -0.05) is 0 Å². The molecule has 3 rings (SSSR count). The molecular weight excluding hydrogens is 298 g/mol. The predicted molar refractivity (Wildman–Crippen MR) is 86.1 cm³/mol. The maximum atomic E-state index is 12.4. The van der Waals surface area contributed by atoms with E-state index < -0.39 is 0 Å². The average Bonchev–Trinajstić information content (AvgIpc) is 3.01. The number of hydrogen-bond acceptors (Lipinski definition) is 5. The molecule has 23 heavy (non-hydrogen) atoms. The van der Waals surface area contributed by atoms with Crippen molar-refractivity contribution >= 4 is 11.7 Å². The first-order chi connectivity index (χ1) is 11.1. The number of rotatable bonds is 4. The minimum absolute atomic E-state index is 0.0913. The molecule has 1 atom stereocenters. The Balaban J connectivity index is 1.55. The van der Waals surface area contributed by atoms with E-state index in [-0.39, 0.29) is 18.9 Å². The standard InChI is InChI=1S/C16H23N3O4/c1-18(2)6-5-13-10-19(7-8-21-13)16(20)17-12-3-4-14-15(9-12)23-11-22-14/h3-4,9,13H,5-8,10-11H2,1-2H3,(H,17,20). The second-order valence-corrected chi connectivity index (χ2v) is 6.03. The number of amides is 2. The van der Waals surface area contributed by atoms with E-state index in [1.54, 1.807) is 17.0 Å². The van der Waals surface area contributed by atoms with Gasteiger partial charge in [-0.2, -0.15) is 0 Å². The predicted octanol–water partition coefficient (Wildman–Crippen LogP) is 1.60. The van der Waals surface area contributed by atoms with Crippen molar-refractivity contribution in [2.45, 2.75) is 12.5 Å². The Morgan fingerprint density at radius 2 is 2.17 bits per heavy atom. The van der Waals surface area contributed by atoms with Gasteiger partial charge in [0.15, 0.2) is 11.5 Å². The van der Waals surface area contributed by atoms with Crippen LogP contribution in [0.2, 0.25) is 0 Å². The maximum Gasteiger partial charge on any atom is 0.322 e. The molecule has 2 aliphatic rings. The summed E-state index contributed by atoms with van der Waals surface area (Å²) in [6.45, 7) is 2.97. The van der Waals surface area contributed by atoms with Gasteiger partial charge >= 0.3 is 6.03 Å². The summed E-state index contributed by atoms with van der Waals surface area (Å²) in [7, 11) is 4.07. The van der Waals surface area contributed by atoms with Crippen LogP contribution in [-0.2, 0) is 4.74 Å². The Bertz CT molecular complexity index is 564. The maximum absolute atomic E-state index is 12.4. The van der Waals surface area contributed by atoms with Crippen LogP contribution in [-0.4, -0.2) is 69.1 Å². The molecule has 2 heterocycles. The fraction of sp³-hybridized carbons (Fsp3) is 0.562. The molecule has 0 saturated carbocycles. The summed E-state index contributed by atoms with van der Waals surface area (Å²) in [4.78, 5) is 16.3. The molecule has 1 saturated heterocycles. The van der Waals surface area contributed by atoms with Crippen molar-refractivity contribution in [1.29, 1.82) is 0 Å². The molecule has 1 aromatic rings. The van der Waals surface area contributed by atoms with Crippen LogP contribution in [0.5, 0.6) is 11.5 Å².